The number of nitrogens with one attached hydrogen (secondary N) is 1. The first-order valence-electron chi connectivity index (χ1n) is 9.93. The Labute approximate surface area is 189 Å². The fraction of sp³-hybridized carbons (Fsp3) is 0.500. The molecule has 1 N–H and O–H groups in total. The normalized spacial score (nSPS) is 16.2. The van der Waals surface area contributed by atoms with E-state index in [1.54, 1.807) is 0 Å². The quantitative estimate of drug-likeness (QED) is 0.709. The fourth-order valence-corrected chi connectivity index (χ4v) is 5.44. The standard InChI is InChI=1S/C20H25F3N4O3S2/c1-19(2,3)17-25-15(13-31-17)12-24-18(28)26-8-10-27(11-9-26)32(29,30)16-6-4-14(5-7-16)20(21,22)23/h4-7,13H,8-12H2,1-3H3,(H,24,28). The smallest absolute Gasteiger partial charge is 0.332 e. The number of hydrogen-bond donors (Lipinski definition) is 1. The molecule has 0 bridgehead atoms. The molecule has 2 amide bonds. The van der Waals surface area contributed by atoms with E-state index in [1.165, 1.54) is 20.5 Å². The van der Waals surface area contributed by atoms with Crippen LogP contribution in [0.15, 0.2) is 34.5 Å². The largest absolute Gasteiger partial charge is 0.416 e. The molecule has 1 aromatic carbocycles. The molecule has 32 heavy (non-hydrogen) atoms. The number of amides is 2. The summed E-state index contributed by atoms with van der Waals surface area (Å²) in [5, 5.41) is 5.67. The minimum atomic E-state index is -4.53. The van der Waals surface area contributed by atoms with E-state index < -0.39 is 21.8 Å². The molecule has 0 unspecified atom stereocenters. The number of carbonyl (C=O) groups excluding carboxylic acids is 1. The van der Waals surface area contributed by atoms with Gasteiger partial charge in [-0.2, -0.15) is 17.5 Å². The third-order valence-corrected chi connectivity index (χ3v) is 8.19. The van der Waals surface area contributed by atoms with Crippen molar-refractivity contribution in [1.29, 1.82) is 0 Å². The van der Waals surface area contributed by atoms with Crippen LogP contribution in [0, 0.1) is 0 Å². The minimum absolute atomic E-state index is 0.0572. The summed E-state index contributed by atoms with van der Waals surface area (Å²) in [7, 11) is -3.94. The molecule has 1 aromatic heterocycles. The van der Waals surface area contributed by atoms with Gasteiger partial charge in [0, 0.05) is 37.0 Å². The highest BCUT2D eigenvalue weighted by atomic mass is 32.2. The molecule has 0 aliphatic carbocycles. The zero-order valence-corrected chi connectivity index (χ0v) is 19.6. The first kappa shape index (κ1) is 24.5. The predicted octanol–water partition coefficient (Wildman–Crippen LogP) is 3.68. The Morgan fingerprint density at radius 3 is 2.19 bits per heavy atom. The molecule has 0 radical (unpaired) electrons. The van der Waals surface area contributed by atoms with Crippen molar-refractivity contribution in [3.8, 4) is 0 Å². The first-order chi connectivity index (χ1) is 14.8. The van der Waals surface area contributed by atoms with E-state index in [-0.39, 0.29) is 49.1 Å². The maximum atomic E-state index is 12.7. The van der Waals surface area contributed by atoms with Gasteiger partial charge in [0.05, 0.1) is 27.7 Å². The van der Waals surface area contributed by atoms with Gasteiger partial charge in [0.25, 0.3) is 0 Å². The minimum Gasteiger partial charge on any atom is -0.332 e. The Balaban J connectivity index is 1.54. The summed E-state index contributed by atoms with van der Waals surface area (Å²) in [5.41, 5.74) is -0.216. The second-order valence-electron chi connectivity index (χ2n) is 8.47. The van der Waals surface area contributed by atoms with Gasteiger partial charge in [0.15, 0.2) is 0 Å². The molecule has 1 aliphatic heterocycles. The summed E-state index contributed by atoms with van der Waals surface area (Å²) in [6, 6.07) is 3.09. The van der Waals surface area contributed by atoms with Gasteiger partial charge in [-0.25, -0.2) is 18.2 Å². The third-order valence-electron chi connectivity index (χ3n) is 4.96. The Morgan fingerprint density at radius 2 is 1.69 bits per heavy atom. The van der Waals surface area contributed by atoms with Crippen molar-refractivity contribution in [2.24, 2.45) is 0 Å². The fourth-order valence-electron chi connectivity index (χ4n) is 3.11. The van der Waals surface area contributed by atoms with Gasteiger partial charge in [-0.05, 0) is 24.3 Å². The lowest BCUT2D eigenvalue weighted by molar-refractivity contribution is -0.137. The predicted molar refractivity (Wildman–Crippen MR) is 115 cm³/mol. The van der Waals surface area contributed by atoms with Crippen molar-refractivity contribution in [3.05, 3.63) is 45.9 Å². The number of urea groups is 1. The second kappa shape index (κ2) is 8.99. The average molecular weight is 491 g/mol. The summed E-state index contributed by atoms with van der Waals surface area (Å²) >= 11 is 1.54. The third kappa shape index (κ3) is 5.59. The number of alkyl halides is 3. The SMILES string of the molecule is CC(C)(C)c1nc(CNC(=O)N2CCN(S(=O)(=O)c3ccc(C(F)(F)F)cc3)CC2)cs1. The van der Waals surface area contributed by atoms with Gasteiger partial charge in [-0.15, -0.1) is 11.3 Å². The number of halogens is 3. The molecule has 12 heteroatoms. The summed E-state index contributed by atoms with van der Waals surface area (Å²) in [5.74, 6) is 0. The van der Waals surface area contributed by atoms with Crippen molar-refractivity contribution in [2.45, 2.75) is 43.8 Å². The van der Waals surface area contributed by atoms with Crippen molar-refractivity contribution < 1.29 is 26.4 Å². The highest BCUT2D eigenvalue weighted by Gasteiger charge is 2.33. The Morgan fingerprint density at radius 1 is 1.09 bits per heavy atom. The van der Waals surface area contributed by atoms with Crippen molar-refractivity contribution in [1.82, 2.24) is 19.5 Å². The molecule has 2 aromatic rings. The van der Waals surface area contributed by atoms with Crippen LogP contribution in [-0.2, 0) is 28.2 Å². The maximum Gasteiger partial charge on any atom is 0.416 e. The number of sulfonamides is 1. The lowest BCUT2D eigenvalue weighted by atomic mass is 9.98. The first-order valence-corrected chi connectivity index (χ1v) is 12.3. The van der Waals surface area contributed by atoms with E-state index in [0.29, 0.717) is 0 Å². The summed E-state index contributed by atoms with van der Waals surface area (Å²) in [4.78, 5) is 18.3. The van der Waals surface area contributed by atoms with Crippen LogP contribution >= 0.6 is 11.3 Å². The summed E-state index contributed by atoms with van der Waals surface area (Å²) in [6.45, 7) is 6.93. The number of thiazole rings is 1. The van der Waals surface area contributed by atoms with Crippen LogP contribution < -0.4 is 5.32 Å². The molecule has 0 saturated carbocycles. The van der Waals surface area contributed by atoms with Crippen LogP contribution in [0.3, 0.4) is 0 Å². The molecule has 0 atom stereocenters. The lowest BCUT2D eigenvalue weighted by Gasteiger charge is -2.34. The number of hydrogen-bond acceptors (Lipinski definition) is 5. The van der Waals surface area contributed by atoms with Gasteiger partial charge < -0.3 is 10.2 Å². The van der Waals surface area contributed by atoms with Crippen LogP contribution in [0.4, 0.5) is 18.0 Å². The van der Waals surface area contributed by atoms with Crippen LogP contribution in [0.5, 0.6) is 0 Å². The van der Waals surface area contributed by atoms with E-state index >= 15 is 0 Å². The van der Waals surface area contributed by atoms with Gasteiger partial charge in [-0.1, -0.05) is 20.8 Å². The number of carbonyl (C=O) groups is 1. The summed E-state index contributed by atoms with van der Waals surface area (Å²) in [6.07, 6.45) is -4.53. The number of piperazine rings is 1. The van der Waals surface area contributed by atoms with Crippen molar-refractivity contribution >= 4 is 27.4 Å². The molecule has 1 fully saturated rings. The maximum absolute atomic E-state index is 12.7. The monoisotopic (exact) mass is 490 g/mol. The van der Waals surface area contributed by atoms with E-state index in [0.717, 1.165) is 35.0 Å². The Kier molecular flexibility index (Phi) is 6.87. The van der Waals surface area contributed by atoms with Gasteiger partial charge in [0.2, 0.25) is 10.0 Å². The summed E-state index contributed by atoms with van der Waals surface area (Å²) < 4.78 is 64.8. The molecule has 3 rings (SSSR count). The van der Waals surface area contributed by atoms with Crippen molar-refractivity contribution in [3.63, 3.8) is 0 Å². The Hall–Kier alpha value is -2.18. The van der Waals surface area contributed by atoms with E-state index in [4.69, 9.17) is 0 Å². The van der Waals surface area contributed by atoms with Gasteiger partial charge >= 0.3 is 12.2 Å². The zero-order valence-electron chi connectivity index (χ0n) is 17.9. The molecule has 1 saturated heterocycles. The number of benzene rings is 1. The van der Waals surface area contributed by atoms with E-state index in [9.17, 15) is 26.4 Å². The molecule has 176 valence electrons. The van der Waals surface area contributed by atoms with E-state index in [2.05, 4.69) is 31.1 Å². The topological polar surface area (TPSA) is 82.6 Å². The average Bonchev–Trinajstić information content (AvgIpc) is 3.21. The van der Waals surface area contributed by atoms with Crippen LogP contribution in [0.2, 0.25) is 0 Å². The molecular weight excluding hydrogens is 465 g/mol. The van der Waals surface area contributed by atoms with Gasteiger partial charge in [-0.3, -0.25) is 0 Å². The zero-order chi connectivity index (χ0) is 23.7. The molecule has 0 spiro atoms. The number of nitrogens with zero attached hydrogens (tertiary/aromatic N) is 3. The molecule has 2 heterocycles. The van der Waals surface area contributed by atoms with E-state index in [1.807, 2.05) is 5.38 Å². The molecular formula is C20H25F3N4O3S2. The van der Waals surface area contributed by atoms with Crippen molar-refractivity contribution in [2.75, 3.05) is 26.2 Å². The van der Waals surface area contributed by atoms with Crippen LogP contribution in [0.25, 0.3) is 0 Å². The Bertz CT molecular complexity index is 1050. The number of aromatic nitrogens is 1. The highest BCUT2D eigenvalue weighted by molar-refractivity contribution is 7.89. The van der Waals surface area contributed by atoms with Gasteiger partial charge in [0.1, 0.15) is 0 Å². The molecule has 7 nitrogen and oxygen atoms in total. The lowest BCUT2D eigenvalue weighted by Crippen LogP contribution is -2.52. The molecule has 1 aliphatic rings. The van der Waals surface area contributed by atoms with Crippen LogP contribution in [-0.4, -0.2) is 54.8 Å². The second-order valence-corrected chi connectivity index (χ2v) is 11.3. The highest BCUT2D eigenvalue weighted by Crippen LogP contribution is 2.30. The van der Waals surface area contributed by atoms with Crippen LogP contribution in [0.1, 0.15) is 37.0 Å². The number of rotatable bonds is 4.